The van der Waals surface area contributed by atoms with E-state index in [1.54, 1.807) is 0 Å². The molecular formula is C8H15NO3. The van der Waals surface area contributed by atoms with Gasteiger partial charge < -0.3 is 10.2 Å². The van der Waals surface area contributed by atoms with Gasteiger partial charge >= 0.3 is 0 Å². The number of hydrogen-bond donors (Lipinski definition) is 3. The molecule has 12 heavy (non-hydrogen) atoms. The molecule has 0 bridgehead atoms. The Hall–Kier alpha value is -0.450. The van der Waals surface area contributed by atoms with Crippen LogP contribution < -0.4 is 5.32 Å². The maximum absolute atomic E-state index is 10.6. The topological polar surface area (TPSA) is 69.6 Å². The Labute approximate surface area is 71.6 Å². The van der Waals surface area contributed by atoms with Gasteiger partial charge in [0, 0.05) is 12.6 Å². The van der Waals surface area contributed by atoms with Crippen LogP contribution >= 0.6 is 0 Å². The highest BCUT2D eigenvalue weighted by atomic mass is 16.3. The third-order valence-electron chi connectivity index (χ3n) is 2.27. The van der Waals surface area contributed by atoms with Crippen LogP contribution in [-0.2, 0) is 4.79 Å². The second-order valence-corrected chi connectivity index (χ2v) is 3.40. The Balaban J connectivity index is 2.14. The molecule has 1 aliphatic carbocycles. The molecule has 0 amide bonds. The highest BCUT2D eigenvalue weighted by Crippen LogP contribution is 2.26. The summed E-state index contributed by atoms with van der Waals surface area (Å²) in [5.74, 6) is 0.0871. The van der Waals surface area contributed by atoms with Gasteiger partial charge in [0.1, 0.15) is 0 Å². The quantitative estimate of drug-likeness (QED) is 0.489. The number of ketones is 1. The Kier molecular flexibility index (Phi) is 3.20. The van der Waals surface area contributed by atoms with Crippen LogP contribution in [0.2, 0.25) is 0 Å². The smallest absolute Gasteiger partial charge is 0.173 e. The normalized spacial score (nSPS) is 30.9. The fourth-order valence-corrected chi connectivity index (χ4v) is 1.36. The van der Waals surface area contributed by atoms with E-state index in [0.717, 1.165) is 12.8 Å². The number of Topliss-reactive ketones (excluding diaryl/α,β-unsaturated/α-hetero) is 1. The lowest BCUT2D eigenvalue weighted by molar-refractivity contribution is -0.127. The minimum absolute atomic E-state index is 0.195. The van der Waals surface area contributed by atoms with Gasteiger partial charge in [0.15, 0.2) is 12.0 Å². The van der Waals surface area contributed by atoms with Crippen LogP contribution in [0.1, 0.15) is 19.8 Å². The van der Waals surface area contributed by atoms with Crippen molar-refractivity contribution >= 4 is 5.78 Å². The Morgan fingerprint density at radius 1 is 1.67 bits per heavy atom. The van der Waals surface area contributed by atoms with Crippen molar-refractivity contribution in [3.05, 3.63) is 0 Å². The molecular weight excluding hydrogens is 158 g/mol. The minimum atomic E-state index is -1.03. The van der Waals surface area contributed by atoms with Gasteiger partial charge in [-0.05, 0) is 25.7 Å². The lowest BCUT2D eigenvalue weighted by Crippen LogP contribution is -2.49. The molecule has 0 saturated heterocycles. The number of hydrogen-bond acceptors (Lipinski definition) is 4. The predicted molar refractivity (Wildman–Crippen MR) is 43.4 cm³/mol. The van der Waals surface area contributed by atoms with Crippen molar-refractivity contribution in [2.24, 2.45) is 5.92 Å². The molecule has 0 spiro atoms. The molecule has 1 atom stereocenters. The Morgan fingerprint density at radius 2 is 2.25 bits per heavy atom. The molecule has 1 rings (SSSR count). The molecule has 4 nitrogen and oxygen atoms in total. The third kappa shape index (κ3) is 2.27. The van der Waals surface area contributed by atoms with Crippen LogP contribution in [0.25, 0.3) is 0 Å². The van der Waals surface area contributed by atoms with Gasteiger partial charge in [-0.3, -0.25) is 10.1 Å². The average molecular weight is 173 g/mol. The average Bonchev–Trinajstić information content (AvgIpc) is 1.94. The molecule has 1 fully saturated rings. The van der Waals surface area contributed by atoms with Crippen LogP contribution in [-0.4, -0.2) is 34.9 Å². The van der Waals surface area contributed by atoms with Gasteiger partial charge in [0.2, 0.25) is 0 Å². The first-order valence-electron chi connectivity index (χ1n) is 4.19. The number of carbonyl (C=O) groups is 1. The monoisotopic (exact) mass is 173 g/mol. The summed E-state index contributed by atoms with van der Waals surface area (Å²) in [5, 5.41) is 20.6. The van der Waals surface area contributed by atoms with Crippen LogP contribution in [0.5, 0.6) is 0 Å². The molecule has 0 heterocycles. The van der Waals surface area contributed by atoms with Crippen LogP contribution in [0, 0.1) is 5.92 Å². The third-order valence-corrected chi connectivity index (χ3v) is 2.27. The molecule has 1 unspecified atom stereocenters. The second-order valence-electron chi connectivity index (χ2n) is 3.40. The zero-order valence-corrected chi connectivity index (χ0v) is 7.16. The van der Waals surface area contributed by atoms with Crippen molar-refractivity contribution < 1.29 is 15.0 Å². The molecule has 1 aliphatic rings. The van der Waals surface area contributed by atoms with Gasteiger partial charge in [0.05, 0.1) is 0 Å². The van der Waals surface area contributed by atoms with Crippen molar-refractivity contribution in [3.8, 4) is 0 Å². The van der Waals surface area contributed by atoms with Crippen molar-refractivity contribution in [3.63, 3.8) is 0 Å². The largest absolute Gasteiger partial charge is 0.396 e. The molecule has 0 radical (unpaired) electrons. The number of carbonyl (C=O) groups excluding carboxylic acids is 1. The van der Waals surface area contributed by atoms with E-state index in [-0.39, 0.29) is 18.4 Å². The van der Waals surface area contributed by atoms with E-state index in [9.17, 15) is 4.79 Å². The zero-order chi connectivity index (χ0) is 9.14. The van der Waals surface area contributed by atoms with Crippen molar-refractivity contribution in [1.82, 2.24) is 5.32 Å². The van der Waals surface area contributed by atoms with E-state index in [4.69, 9.17) is 10.2 Å². The van der Waals surface area contributed by atoms with Gasteiger partial charge in [-0.15, -0.1) is 0 Å². The van der Waals surface area contributed by atoms with E-state index in [1.165, 1.54) is 6.92 Å². The Bertz CT molecular complexity index is 166. The summed E-state index contributed by atoms with van der Waals surface area (Å²) in [6.07, 6.45) is 0.663. The number of nitrogens with one attached hydrogen (secondary N) is 1. The van der Waals surface area contributed by atoms with E-state index in [0.29, 0.717) is 5.92 Å². The molecule has 0 aliphatic heterocycles. The Morgan fingerprint density at radius 3 is 2.67 bits per heavy atom. The molecule has 1 saturated carbocycles. The second kappa shape index (κ2) is 3.98. The fourth-order valence-electron chi connectivity index (χ4n) is 1.36. The zero-order valence-electron chi connectivity index (χ0n) is 7.16. The molecule has 0 aromatic heterocycles. The van der Waals surface area contributed by atoms with Crippen LogP contribution in [0.4, 0.5) is 0 Å². The number of aliphatic hydroxyl groups is 2. The summed E-state index contributed by atoms with van der Waals surface area (Å²) >= 11 is 0. The highest BCUT2D eigenvalue weighted by molar-refractivity contribution is 5.79. The fraction of sp³-hybridized carbons (Fsp3) is 0.875. The van der Waals surface area contributed by atoms with Gasteiger partial charge in [-0.2, -0.15) is 0 Å². The van der Waals surface area contributed by atoms with Gasteiger partial charge in [-0.25, -0.2) is 0 Å². The molecule has 0 aromatic carbocycles. The standard InChI is InChI=1S/C8H15NO3/c1-5(11)8(12)9-7-2-6(3-7)4-10/h6-10,12H,2-4H2,1H3/t6-,7+,8?. The van der Waals surface area contributed by atoms with Crippen molar-refractivity contribution in [2.45, 2.75) is 32.0 Å². The molecule has 70 valence electrons. The summed E-state index contributed by atoms with van der Waals surface area (Å²) in [6, 6.07) is 0.195. The summed E-state index contributed by atoms with van der Waals surface area (Å²) in [5.41, 5.74) is 0. The maximum Gasteiger partial charge on any atom is 0.173 e. The minimum Gasteiger partial charge on any atom is -0.396 e. The summed E-state index contributed by atoms with van der Waals surface area (Å²) < 4.78 is 0. The summed E-state index contributed by atoms with van der Waals surface area (Å²) in [4.78, 5) is 10.6. The first-order valence-corrected chi connectivity index (χ1v) is 4.19. The molecule has 0 aromatic rings. The lowest BCUT2D eigenvalue weighted by atomic mass is 9.81. The first kappa shape index (κ1) is 9.64. The summed E-state index contributed by atoms with van der Waals surface area (Å²) in [7, 11) is 0. The van der Waals surface area contributed by atoms with Crippen LogP contribution in [0.15, 0.2) is 0 Å². The highest BCUT2D eigenvalue weighted by Gasteiger charge is 2.30. The number of rotatable bonds is 4. The molecule has 4 heteroatoms. The first-order chi connectivity index (χ1) is 5.63. The SMILES string of the molecule is CC(=O)C(O)N[C@H]1C[C@@H](CO)C1. The maximum atomic E-state index is 10.6. The van der Waals surface area contributed by atoms with Gasteiger partial charge in [-0.1, -0.05) is 0 Å². The summed E-state index contributed by atoms with van der Waals surface area (Å²) in [6.45, 7) is 1.55. The molecule has 3 N–H and O–H groups in total. The van der Waals surface area contributed by atoms with E-state index >= 15 is 0 Å². The van der Waals surface area contributed by atoms with E-state index in [1.807, 2.05) is 0 Å². The van der Waals surface area contributed by atoms with Crippen LogP contribution in [0.3, 0.4) is 0 Å². The van der Waals surface area contributed by atoms with Gasteiger partial charge in [0.25, 0.3) is 0 Å². The van der Waals surface area contributed by atoms with Crippen molar-refractivity contribution in [1.29, 1.82) is 0 Å². The number of aliphatic hydroxyl groups excluding tert-OH is 2. The van der Waals surface area contributed by atoms with E-state index in [2.05, 4.69) is 5.32 Å². The van der Waals surface area contributed by atoms with E-state index < -0.39 is 6.23 Å². The van der Waals surface area contributed by atoms with Crippen molar-refractivity contribution in [2.75, 3.05) is 6.61 Å². The lowest BCUT2D eigenvalue weighted by Gasteiger charge is -2.35. The predicted octanol–water partition coefficient (Wildman–Crippen LogP) is -0.746.